The Morgan fingerprint density at radius 3 is 2.34 bits per heavy atom. The van der Waals surface area contributed by atoms with Crippen LogP contribution in [0.3, 0.4) is 0 Å². The first-order valence-electron chi connectivity index (χ1n) is 9.85. The Morgan fingerprint density at radius 2 is 1.72 bits per heavy atom. The van der Waals surface area contributed by atoms with Crippen molar-refractivity contribution in [1.82, 2.24) is 15.1 Å². The number of aryl methyl sites for hydroxylation is 1. The van der Waals surface area contributed by atoms with Crippen molar-refractivity contribution in [2.24, 2.45) is 0 Å². The zero-order valence-corrected chi connectivity index (χ0v) is 17.3. The molecule has 1 N–H and O–H groups in total. The van der Waals surface area contributed by atoms with Gasteiger partial charge in [-0.15, -0.1) is 0 Å². The largest absolute Gasteiger partial charge is 0.490 e. The number of benzene rings is 2. The Balaban J connectivity index is 1.71. The Kier molecular flexibility index (Phi) is 6.54. The molecule has 1 amide bonds. The van der Waals surface area contributed by atoms with Crippen LogP contribution >= 0.6 is 0 Å². The number of rotatable bonds is 8. The molecule has 0 bridgehead atoms. The van der Waals surface area contributed by atoms with Crippen LogP contribution in [0.15, 0.2) is 54.7 Å². The molecule has 3 aromatic rings. The van der Waals surface area contributed by atoms with Gasteiger partial charge < -0.3 is 14.8 Å². The van der Waals surface area contributed by atoms with Gasteiger partial charge >= 0.3 is 0 Å². The van der Waals surface area contributed by atoms with Crippen molar-refractivity contribution in [3.8, 4) is 17.2 Å². The van der Waals surface area contributed by atoms with Crippen molar-refractivity contribution < 1.29 is 14.3 Å². The number of amides is 1. The number of hydrogen-bond donors (Lipinski definition) is 1. The molecule has 2 aromatic carbocycles. The molecular formula is C23H27N3O3. The summed E-state index contributed by atoms with van der Waals surface area (Å²) < 4.78 is 13.1. The third kappa shape index (κ3) is 4.77. The molecule has 0 aliphatic heterocycles. The lowest BCUT2D eigenvalue weighted by Crippen LogP contribution is -2.26. The molecule has 0 aliphatic rings. The smallest absolute Gasteiger partial charge is 0.251 e. The highest BCUT2D eigenvalue weighted by molar-refractivity contribution is 5.94. The molecule has 0 radical (unpaired) electrons. The van der Waals surface area contributed by atoms with E-state index in [-0.39, 0.29) is 11.9 Å². The molecule has 6 heteroatoms. The normalized spacial score (nSPS) is 11.7. The van der Waals surface area contributed by atoms with E-state index >= 15 is 0 Å². The van der Waals surface area contributed by atoms with E-state index in [0.717, 1.165) is 16.9 Å². The van der Waals surface area contributed by atoms with Crippen LogP contribution in [0.5, 0.6) is 11.5 Å². The third-order valence-electron chi connectivity index (χ3n) is 4.62. The Morgan fingerprint density at radius 1 is 1.03 bits per heavy atom. The lowest BCUT2D eigenvalue weighted by Gasteiger charge is -2.17. The predicted molar refractivity (Wildman–Crippen MR) is 113 cm³/mol. The fourth-order valence-corrected chi connectivity index (χ4v) is 3.09. The molecule has 29 heavy (non-hydrogen) atoms. The summed E-state index contributed by atoms with van der Waals surface area (Å²) in [5.41, 5.74) is 3.51. The molecule has 1 aromatic heterocycles. The SMILES string of the molecule is CCOc1ccc([C@@H](C)NC(=O)c2ccc(-n3nccc3C)cc2)cc1OCC. The summed E-state index contributed by atoms with van der Waals surface area (Å²) in [6.45, 7) is 8.92. The molecule has 6 nitrogen and oxygen atoms in total. The van der Waals surface area contributed by atoms with E-state index < -0.39 is 0 Å². The maximum absolute atomic E-state index is 12.7. The lowest BCUT2D eigenvalue weighted by atomic mass is 10.1. The molecule has 0 saturated heterocycles. The van der Waals surface area contributed by atoms with Gasteiger partial charge in [-0.25, -0.2) is 4.68 Å². The van der Waals surface area contributed by atoms with Gasteiger partial charge in [-0.1, -0.05) is 6.07 Å². The molecule has 1 heterocycles. The monoisotopic (exact) mass is 393 g/mol. The van der Waals surface area contributed by atoms with Gasteiger partial charge in [0.2, 0.25) is 0 Å². The fraction of sp³-hybridized carbons (Fsp3) is 0.304. The first-order chi connectivity index (χ1) is 14.0. The third-order valence-corrected chi connectivity index (χ3v) is 4.62. The predicted octanol–water partition coefficient (Wildman–Crippen LogP) is 4.47. The molecule has 0 aliphatic carbocycles. The molecule has 0 fully saturated rings. The van der Waals surface area contributed by atoms with Crippen LogP contribution < -0.4 is 14.8 Å². The lowest BCUT2D eigenvalue weighted by molar-refractivity contribution is 0.0940. The molecular weight excluding hydrogens is 366 g/mol. The molecule has 1 atom stereocenters. The summed E-state index contributed by atoms with van der Waals surface area (Å²) in [7, 11) is 0. The van der Waals surface area contributed by atoms with E-state index in [9.17, 15) is 4.79 Å². The quantitative estimate of drug-likeness (QED) is 0.613. The molecule has 0 spiro atoms. The van der Waals surface area contributed by atoms with Gasteiger partial charge in [-0.3, -0.25) is 4.79 Å². The van der Waals surface area contributed by atoms with Crippen molar-refractivity contribution in [1.29, 1.82) is 0 Å². The van der Waals surface area contributed by atoms with E-state index in [2.05, 4.69) is 10.4 Å². The van der Waals surface area contributed by atoms with E-state index in [1.54, 1.807) is 6.20 Å². The van der Waals surface area contributed by atoms with E-state index in [0.29, 0.717) is 30.3 Å². The van der Waals surface area contributed by atoms with Crippen LogP contribution in [-0.4, -0.2) is 28.9 Å². The Hall–Kier alpha value is -3.28. The van der Waals surface area contributed by atoms with Crippen molar-refractivity contribution in [3.63, 3.8) is 0 Å². The Bertz CT molecular complexity index is 964. The number of ether oxygens (including phenoxy) is 2. The summed E-state index contributed by atoms with van der Waals surface area (Å²) in [5, 5.41) is 7.33. The van der Waals surface area contributed by atoms with Crippen LogP contribution in [0, 0.1) is 6.92 Å². The van der Waals surface area contributed by atoms with Crippen molar-refractivity contribution in [2.45, 2.75) is 33.7 Å². The van der Waals surface area contributed by atoms with E-state index in [1.807, 2.05) is 80.9 Å². The number of hydrogen-bond acceptors (Lipinski definition) is 4. The van der Waals surface area contributed by atoms with Crippen LogP contribution in [0.1, 0.15) is 48.4 Å². The summed E-state index contributed by atoms with van der Waals surface area (Å²) in [6, 6.07) is 14.9. The number of nitrogens with one attached hydrogen (secondary N) is 1. The zero-order chi connectivity index (χ0) is 20.8. The number of aromatic nitrogens is 2. The van der Waals surface area contributed by atoms with Gasteiger partial charge in [0.05, 0.1) is 24.9 Å². The molecule has 152 valence electrons. The second kappa shape index (κ2) is 9.28. The second-order valence-corrected chi connectivity index (χ2v) is 6.70. The summed E-state index contributed by atoms with van der Waals surface area (Å²) in [4.78, 5) is 12.7. The van der Waals surface area contributed by atoms with Crippen LogP contribution in [0.25, 0.3) is 5.69 Å². The van der Waals surface area contributed by atoms with Crippen LogP contribution in [0.2, 0.25) is 0 Å². The van der Waals surface area contributed by atoms with E-state index in [1.165, 1.54) is 0 Å². The van der Waals surface area contributed by atoms with Crippen LogP contribution in [0.4, 0.5) is 0 Å². The van der Waals surface area contributed by atoms with Crippen LogP contribution in [-0.2, 0) is 0 Å². The average molecular weight is 393 g/mol. The highest BCUT2D eigenvalue weighted by atomic mass is 16.5. The van der Waals surface area contributed by atoms with Gasteiger partial charge in [-0.05, 0) is 75.7 Å². The highest BCUT2D eigenvalue weighted by Crippen LogP contribution is 2.30. The molecule has 3 rings (SSSR count). The minimum absolute atomic E-state index is 0.131. The standard InChI is InChI=1S/C23H27N3O3/c1-5-28-21-12-9-19(15-22(21)29-6-2)17(4)25-23(27)18-7-10-20(11-8-18)26-16(3)13-14-24-26/h7-15,17H,5-6H2,1-4H3,(H,25,27)/t17-/m1/s1. The van der Waals surface area contributed by atoms with E-state index in [4.69, 9.17) is 9.47 Å². The number of carbonyl (C=O) groups excluding carboxylic acids is 1. The number of carbonyl (C=O) groups is 1. The minimum atomic E-state index is -0.176. The van der Waals surface area contributed by atoms with Gasteiger partial charge in [0.1, 0.15) is 0 Å². The average Bonchev–Trinajstić information content (AvgIpc) is 3.15. The van der Waals surface area contributed by atoms with Gasteiger partial charge in [0.25, 0.3) is 5.91 Å². The molecule has 0 unspecified atom stereocenters. The van der Waals surface area contributed by atoms with Crippen molar-refractivity contribution in [3.05, 3.63) is 71.5 Å². The van der Waals surface area contributed by atoms with Crippen molar-refractivity contribution >= 4 is 5.91 Å². The van der Waals surface area contributed by atoms with Gasteiger partial charge in [0.15, 0.2) is 11.5 Å². The first kappa shape index (κ1) is 20.5. The maximum atomic E-state index is 12.7. The first-order valence-corrected chi connectivity index (χ1v) is 9.85. The second-order valence-electron chi connectivity index (χ2n) is 6.70. The molecule has 0 saturated carbocycles. The maximum Gasteiger partial charge on any atom is 0.251 e. The van der Waals surface area contributed by atoms with Gasteiger partial charge in [-0.2, -0.15) is 5.10 Å². The highest BCUT2D eigenvalue weighted by Gasteiger charge is 2.15. The van der Waals surface area contributed by atoms with Crippen molar-refractivity contribution in [2.75, 3.05) is 13.2 Å². The minimum Gasteiger partial charge on any atom is -0.490 e. The number of nitrogens with zero attached hydrogens (tertiary/aromatic N) is 2. The summed E-state index contributed by atoms with van der Waals surface area (Å²) in [6.07, 6.45) is 1.75. The zero-order valence-electron chi connectivity index (χ0n) is 17.3. The summed E-state index contributed by atoms with van der Waals surface area (Å²) >= 11 is 0. The van der Waals surface area contributed by atoms with Gasteiger partial charge in [0, 0.05) is 17.5 Å². The fourth-order valence-electron chi connectivity index (χ4n) is 3.09. The Labute approximate surface area is 171 Å². The topological polar surface area (TPSA) is 65.4 Å². The summed E-state index contributed by atoms with van der Waals surface area (Å²) in [5.74, 6) is 1.26.